The molecule has 9 heteroatoms. The van der Waals surface area contributed by atoms with E-state index in [9.17, 15) is 24.3 Å². The SMILES string of the molecule is CCOC(=O)[C@H](C)N1C(=O)S/C(=C\c2ccc(-c3cc(C(=O)O)ccc3C)o2)C1=O. The van der Waals surface area contributed by atoms with E-state index in [1.54, 1.807) is 25.1 Å². The van der Waals surface area contributed by atoms with Crippen molar-refractivity contribution < 1.29 is 33.4 Å². The number of esters is 1. The quantitative estimate of drug-likeness (QED) is 0.542. The molecule has 1 aliphatic rings. The van der Waals surface area contributed by atoms with E-state index < -0.39 is 29.1 Å². The van der Waals surface area contributed by atoms with Gasteiger partial charge in [0.2, 0.25) is 0 Å². The topological polar surface area (TPSA) is 114 Å². The molecule has 1 fully saturated rings. The summed E-state index contributed by atoms with van der Waals surface area (Å²) in [4.78, 5) is 49.0. The number of amides is 2. The third-order valence-electron chi connectivity index (χ3n) is 4.49. The molecule has 0 bridgehead atoms. The van der Waals surface area contributed by atoms with Gasteiger partial charge in [0.05, 0.1) is 17.1 Å². The van der Waals surface area contributed by atoms with Gasteiger partial charge in [0.15, 0.2) is 0 Å². The number of hydrogen-bond donors (Lipinski definition) is 1. The largest absolute Gasteiger partial charge is 0.478 e. The molecule has 2 heterocycles. The van der Waals surface area contributed by atoms with Crippen LogP contribution in [0.4, 0.5) is 4.79 Å². The standard InChI is InChI=1S/C21H19NO7S/c1-4-28-20(26)12(3)22-18(23)17(30-21(22)27)10-14-7-8-16(29-14)15-9-13(19(24)25)6-5-11(15)2/h5-10,12H,4H2,1-3H3,(H,24,25)/b17-10-/t12-/m0/s1. The number of carbonyl (C=O) groups is 4. The maximum Gasteiger partial charge on any atom is 0.335 e. The number of ether oxygens (including phenoxy) is 1. The van der Waals surface area contributed by atoms with Gasteiger partial charge in [-0.1, -0.05) is 6.07 Å². The Morgan fingerprint density at radius 3 is 2.67 bits per heavy atom. The van der Waals surface area contributed by atoms with Gasteiger partial charge in [0, 0.05) is 11.6 Å². The Morgan fingerprint density at radius 1 is 1.27 bits per heavy atom. The molecule has 30 heavy (non-hydrogen) atoms. The van der Waals surface area contributed by atoms with E-state index in [0.717, 1.165) is 10.5 Å². The number of imide groups is 1. The van der Waals surface area contributed by atoms with Gasteiger partial charge in [0.1, 0.15) is 17.6 Å². The van der Waals surface area contributed by atoms with Crippen LogP contribution in [0.3, 0.4) is 0 Å². The number of aromatic carboxylic acids is 1. The van der Waals surface area contributed by atoms with Crippen molar-refractivity contribution in [2.75, 3.05) is 6.61 Å². The molecule has 0 radical (unpaired) electrons. The first-order valence-electron chi connectivity index (χ1n) is 9.10. The average Bonchev–Trinajstić information content (AvgIpc) is 3.26. The highest BCUT2D eigenvalue weighted by atomic mass is 32.2. The molecule has 1 saturated heterocycles. The van der Waals surface area contributed by atoms with Gasteiger partial charge in [-0.3, -0.25) is 14.5 Å². The Labute approximate surface area is 176 Å². The molecule has 156 valence electrons. The van der Waals surface area contributed by atoms with Gasteiger partial charge < -0.3 is 14.3 Å². The first-order chi connectivity index (χ1) is 14.2. The Balaban J connectivity index is 1.86. The van der Waals surface area contributed by atoms with E-state index in [1.165, 1.54) is 25.1 Å². The van der Waals surface area contributed by atoms with Gasteiger partial charge in [-0.05, 0) is 62.4 Å². The molecule has 0 aliphatic carbocycles. The number of carboxylic acids is 1. The second kappa shape index (κ2) is 8.58. The van der Waals surface area contributed by atoms with E-state index >= 15 is 0 Å². The van der Waals surface area contributed by atoms with E-state index in [-0.39, 0.29) is 17.1 Å². The molecule has 1 aromatic carbocycles. The fourth-order valence-electron chi connectivity index (χ4n) is 2.91. The highest BCUT2D eigenvalue weighted by molar-refractivity contribution is 8.18. The van der Waals surface area contributed by atoms with Crippen LogP contribution in [0.5, 0.6) is 0 Å². The van der Waals surface area contributed by atoms with Crippen molar-refractivity contribution in [2.24, 2.45) is 0 Å². The van der Waals surface area contributed by atoms with Crippen molar-refractivity contribution >= 4 is 40.9 Å². The molecule has 1 atom stereocenters. The summed E-state index contributed by atoms with van der Waals surface area (Å²) in [5.41, 5.74) is 1.56. The molecule has 1 aliphatic heterocycles. The van der Waals surface area contributed by atoms with Crippen molar-refractivity contribution in [3.63, 3.8) is 0 Å². The van der Waals surface area contributed by atoms with Crippen molar-refractivity contribution in [2.45, 2.75) is 26.8 Å². The van der Waals surface area contributed by atoms with Crippen LogP contribution in [0.15, 0.2) is 39.7 Å². The summed E-state index contributed by atoms with van der Waals surface area (Å²) in [5.74, 6) is -1.56. The van der Waals surface area contributed by atoms with Crippen LogP contribution in [0, 0.1) is 6.92 Å². The molecule has 1 N–H and O–H groups in total. The predicted octanol–water partition coefficient (Wildman–Crippen LogP) is 3.94. The molecule has 2 amide bonds. The highest BCUT2D eigenvalue weighted by Gasteiger charge is 2.41. The van der Waals surface area contributed by atoms with E-state index in [0.29, 0.717) is 28.8 Å². The lowest BCUT2D eigenvalue weighted by Crippen LogP contribution is -2.42. The predicted molar refractivity (Wildman–Crippen MR) is 110 cm³/mol. The monoisotopic (exact) mass is 429 g/mol. The van der Waals surface area contributed by atoms with Gasteiger partial charge >= 0.3 is 11.9 Å². The molecule has 0 unspecified atom stereocenters. The summed E-state index contributed by atoms with van der Waals surface area (Å²) in [6.45, 7) is 5.04. The summed E-state index contributed by atoms with van der Waals surface area (Å²) in [5, 5.41) is 8.62. The third-order valence-corrected chi connectivity index (χ3v) is 5.37. The number of nitrogens with zero attached hydrogens (tertiary/aromatic N) is 1. The highest BCUT2D eigenvalue weighted by Crippen LogP contribution is 2.35. The fraction of sp³-hybridized carbons (Fsp3) is 0.238. The summed E-state index contributed by atoms with van der Waals surface area (Å²) < 4.78 is 10.6. The molecular weight excluding hydrogens is 410 g/mol. The smallest absolute Gasteiger partial charge is 0.335 e. The maximum atomic E-state index is 12.6. The van der Waals surface area contributed by atoms with Crippen LogP contribution in [-0.4, -0.2) is 45.7 Å². The van der Waals surface area contributed by atoms with E-state index in [1.807, 2.05) is 6.92 Å². The first-order valence-corrected chi connectivity index (χ1v) is 9.92. The zero-order valence-electron chi connectivity index (χ0n) is 16.5. The summed E-state index contributed by atoms with van der Waals surface area (Å²) in [6.07, 6.45) is 1.42. The van der Waals surface area contributed by atoms with Crippen molar-refractivity contribution in [1.29, 1.82) is 0 Å². The van der Waals surface area contributed by atoms with Crippen molar-refractivity contribution in [1.82, 2.24) is 4.90 Å². The van der Waals surface area contributed by atoms with Gasteiger partial charge in [0.25, 0.3) is 11.1 Å². The van der Waals surface area contributed by atoms with Crippen LogP contribution in [0.2, 0.25) is 0 Å². The van der Waals surface area contributed by atoms with Crippen LogP contribution >= 0.6 is 11.8 Å². The molecule has 3 rings (SSSR count). The molecule has 0 spiro atoms. The fourth-order valence-corrected chi connectivity index (χ4v) is 3.80. The first kappa shape index (κ1) is 21.4. The van der Waals surface area contributed by atoms with Gasteiger partial charge in [-0.2, -0.15) is 0 Å². The van der Waals surface area contributed by atoms with Gasteiger partial charge in [-0.25, -0.2) is 9.59 Å². The molecular formula is C21H19NO7S. The van der Waals surface area contributed by atoms with E-state index in [4.69, 9.17) is 9.15 Å². The van der Waals surface area contributed by atoms with Crippen LogP contribution in [-0.2, 0) is 14.3 Å². The van der Waals surface area contributed by atoms with Crippen LogP contribution < -0.4 is 0 Å². The normalized spacial score (nSPS) is 16.2. The number of aryl methyl sites for hydroxylation is 1. The molecule has 1 aromatic heterocycles. The number of furan rings is 1. The van der Waals surface area contributed by atoms with Crippen LogP contribution in [0.25, 0.3) is 17.4 Å². The second-order valence-corrected chi connectivity index (χ2v) is 7.51. The lowest BCUT2D eigenvalue weighted by Gasteiger charge is -2.19. The number of hydrogen-bond acceptors (Lipinski definition) is 7. The Morgan fingerprint density at radius 2 is 2.00 bits per heavy atom. The van der Waals surface area contributed by atoms with Crippen molar-refractivity contribution in [3.05, 3.63) is 52.1 Å². The third kappa shape index (κ3) is 4.16. The minimum atomic E-state index is -1.05. The number of carbonyl (C=O) groups excluding carboxylic acids is 3. The lowest BCUT2D eigenvalue weighted by molar-refractivity contribution is -0.150. The number of carboxylic acid groups (broad SMARTS) is 1. The summed E-state index contributed by atoms with van der Waals surface area (Å²) in [6, 6.07) is 6.94. The second-order valence-electron chi connectivity index (χ2n) is 6.52. The zero-order chi connectivity index (χ0) is 22.0. The van der Waals surface area contributed by atoms with Crippen LogP contribution in [0.1, 0.15) is 35.5 Å². The Bertz CT molecular complexity index is 1070. The molecule has 2 aromatic rings. The van der Waals surface area contributed by atoms with Gasteiger partial charge in [-0.15, -0.1) is 0 Å². The number of rotatable bonds is 6. The van der Waals surface area contributed by atoms with E-state index in [2.05, 4.69) is 0 Å². The maximum absolute atomic E-state index is 12.6. The minimum Gasteiger partial charge on any atom is -0.478 e. The number of thioether (sulfide) groups is 1. The minimum absolute atomic E-state index is 0.119. The summed E-state index contributed by atoms with van der Waals surface area (Å²) in [7, 11) is 0. The zero-order valence-corrected chi connectivity index (χ0v) is 17.3. The summed E-state index contributed by atoms with van der Waals surface area (Å²) >= 11 is 0.708. The average molecular weight is 429 g/mol. The number of benzene rings is 1. The van der Waals surface area contributed by atoms with Crippen molar-refractivity contribution in [3.8, 4) is 11.3 Å². The molecule has 8 nitrogen and oxygen atoms in total. The lowest BCUT2D eigenvalue weighted by atomic mass is 10.0. The molecule has 0 saturated carbocycles. The Hall–Kier alpha value is -3.33. The Kier molecular flexibility index (Phi) is 6.12.